The molecule has 1 aromatic carbocycles. The van der Waals surface area contributed by atoms with E-state index in [1.54, 1.807) is 6.92 Å². The summed E-state index contributed by atoms with van der Waals surface area (Å²) < 4.78 is 16.0. The summed E-state index contributed by atoms with van der Waals surface area (Å²) in [4.78, 5) is 54.6. The van der Waals surface area contributed by atoms with Gasteiger partial charge in [0.2, 0.25) is 0 Å². The SMILES string of the molecule is C=Cc1cc(C(=O)O)c(-c2ccc(C(=O)NCC3CC3)nc2C(=O)OCCOC(=O)[C@@H](C)C(C)CC)cc1OC. The summed E-state index contributed by atoms with van der Waals surface area (Å²) in [6.45, 7) is 9.51. The molecular formula is C30H36N2O8. The summed E-state index contributed by atoms with van der Waals surface area (Å²) >= 11 is 0. The number of carbonyl (C=O) groups excluding carboxylic acids is 3. The number of amides is 1. The number of hydrogen-bond acceptors (Lipinski definition) is 8. The molecular weight excluding hydrogens is 516 g/mol. The van der Waals surface area contributed by atoms with E-state index in [9.17, 15) is 24.3 Å². The van der Waals surface area contributed by atoms with Crippen LogP contribution in [0.3, 0.4) is 0 Å². The van der Waals surface area contributed by atoms with Crippen molar-refractivity contribution in [1.29, 1.82) is 0 Å². The molecule has 0 radical (unpaired) electrons. The van der Waals surface area contributed by atoms with Crippen molar-refractivity contribution >= 4 is 29.9 Å². The molecule has 10 nitrogen and oxygen atoms in total. The Balaban J connectivity index is 1.91. The van der Waals surface area contributed by atoms with Gasteiger partial charge >= 0.3 is 17.9 Å². The highest BCUT2D eigenvalue weighted by molar-refractivity contribution is 6.03. The standard InChI is InChI=1S/C30H36N2O8/c1-6-17(3)18(4)29(36)39-12-13-40-30(37)26-21(10-11-24(32-26)27(33)31-16-19-8-9-19)22-15-25(38-5)20(7-2)14-23(22)28(34)35/h7,10-11,14-15,17-19H,2,6,8-9,12-13,16H2,1,3-5H3,(H,31,33)(H,34,35)/t17?,18-/m0/s1. The van der Waals surface area contributed by atoms with E-state index in [-0.39, 0.29) is 59.1 Å². The maximum atomic E-state index is 13.2. The van der Waals surface area contributed by atoms with Gasteiger partial charge in [-0.1, -0.05) is 39.8 Å². The van der Waals surface area contributed by atoms with Crippen molar-refractivity contribution in [3.63, 3.8) is 0 Å². The minimum absolute atomic E-state index is 0.0169. The van der Waals surface area contributed by atoms with Crippen molar-refractivity contribution in [3.8, 4) is 16.9 Å². The number of hydrogen-bond donors (Lipinski definition) is 2. The number of carboxylic acid groups (broad SMARTS) is 1. The van der Waals surface area contributed by atoms with Crippen LogP contribution < -0.4 is 10.1 Å². The maximum Gasteiger partial charge on any atom is 0.357 e. The lowest BCUT2D eigenvalue weighted by Crippen LogP contribution is -2.27. The molecule has 2 N–H and O–H groups in total. The Bertz CT molecular complexity index is 1280. The molecule has 1 amide bonds. The third kappa shape index (κ3) is 7.46. The maximum absolute atomic E-state index is 13.2. The number of aromatic nitrogens is 1. The second-order valence-electron chi connectivity index (χ2n) is 9.87. The largest absolute Gasteiger partial charge is 0.496 e. The number of esters is 2. The monoisotopic (exact) mass is 552 g/mol. The number of nitrogens with one attached hydrogen (secondary N) is 1. The van der Waals surface area contributed by atoms with Gasteiger partial charge < -0.3 is 24.6 Å². The van der Waals surface area contributed by atoms with Gasteiger partial charge in [0, 0.05) is 23.2 Å². The fourth-order valence-electron chi connectivity index (χ4n) is 4.00. The second kappa shape index (κ2) is 13.7. The highest BCUT2D eigenvalue weighted by Gasteiger charge is 2.26. The van der Waals surface area contributed by atoms with E-state index in [1.807, 2.05) is 13.8 Å². The third-order valence-corrected chi connectivity index (χ3v) is 7.11. The molecule has 0 aliphatic heterocycles. The van der Waals surface area contributed by atoms with Gasteiger partial charge in [-0.25, -0.2) is 14.6 Å². The normalized spacial score (nSPS) is 14.0. The summed E-state index contributed by atoms with van der Waals surface area (Å²) in [5.41, 5.74) is 0.340. The molecule has 1 unspecified atom stereocenters. The van der Waals surface area contributed by atoms with Crippen molar-refractivity contribution in [2.24, 2.45) is 17.8 Å². The average Bonchev–Trinajstić information content (AvgIpc) is 3.80. The zero-order chi connectivity index (χ0) is 29.4. The van der Waals surface area contributed by atoms with E-state index < -0.39 is 17.8 Å². The highest BCUT2D eigenvalue weighted by atomic mass is 16.6. The Labute approximate surface area is 233 Å². The number of aromatic carboxylic acids is 1. The first kappa shape index (κ1) is 30.3. The van der Waals surface area contributed by atoms with E-state index in [0.29, 0.717) is 23.8 Å². The van der Waals surface area contributed by atoms with Crippen LogP contribution in [0.4, 0.5) is 0 Å². The smallest absolute Gasteiger partial charge is 0.357 e. The number of nitrogens with zero attached hydrogens (tertiary/aromatic N) is 1. The molecule has 0 bridgehead atoms. The molecule has 1 fully saturated rings. The Morgan fingerprint density at radius 3 is 2.42 bits per heavy atom. The van der Waals surface area contributed by atoms with Crippen molar-refractivity contribution in [3.05, 3.63) is 53.4 Å². The fraction of sp³-hybridized carbons (Fsp3) is 0.433. The fourth-order valence-corrected chi connectivity index (χ4v) is 4.00. The summed E-state index contributed by atoms with van der Waals surface area (Å²) in [5, 5.41) is 12.7. The molecule has 1 aliphatic rings. The Morgan fingerprint density at radius 2 is 1.82 bits per heavy atom. The predicted octanol–water partition coefficient (Wildman–Crippen LogP) is 4.62. The summed E-state index contributed by atoms with van der Waals surface area (Å²) in [6, 6.07) is 5.73. The quantitative estimate of drug-likeness (QED) is 0.254. The van der Waals surface area contributed by atoms with Crippen molar-refractivity contribution < 1.29 is 38.5 Å². The van der Waals surface area contributed by atoms with Crippen LogP contribution in [-0.4, -0.2) is 60.8 Å². The van der Waals surface area contributed by atoms with Gasteiger partial charge in [0.1, 0.15) is 24.7 Å². The molecule has 0 saturated heterocycles. The van der Waals surface area contributed by atoms with Gasteiger partial charge in [-0.2, -0.15) is 0 Å². The minimum Gasteiger partial charge on any atom is -0.496 e. The molecule has 1 aromatic heterocycles. The minimum atomic E-state index is -1.24. The lowest BCUT2D eigenvalue weighted by molar-refractivity contribution is -0.150. The number of benzene rings is 1. The van der Waals surface area contributed by atoms with E-state index in [1.165, 1.54) is 37.5 Å². The lowest BCUT2D eigenvalue weighted by Gasteiger charge is -2.17. The van der Waals surface area contributed by atoms with Gasteiger partial charge in [0.25, 0.3) is 5.91 Å². The first-order valence-corrected chi connectivity index (χ1v) is 13.3. The third-order valence-electron chi connectivity index (χ3n) is 7.11. The number of carbonyl (C=O) groups is 4. The van der Waals surface area contributed by atoms with Crippen LogP contribution in [0.25, 0.3) is 17.2 Å². The van der Waals surface area contributed by atoms with E-state index in [0.717, 1.165) is 19.3 Å². The number of rotatable bonds is 14. The van der Waals surface area contributed by atoms with Crippen LogP contribution in [0.15, 0.2) is 30.8 Å². The lowest BCUT2D eigenvalue weighted by atomic mass is 9.94. The zero-order valence-electron chi connectivity index (χ0n) is 23.3. The predicted molar refractivity (Wildman–Crippen MR) is 148 cm³/mol. The van der Waals surface area contributed by atoms with E-state index in [4.69, 9.17) is 14.2 Å². The first-order valence-electron chi connectivity index (χ1n) is 13.3. The summed E-state index contributed by atoms with van der Waals surface area (Å²) in [6.07, 6.45) is 4.37. The number of carboxylic acids is 1. The van der Waals surface area contributed by atoms with Crippen LogP contribution in [0.2, 0.25) is 0 Å². The van der Waals surface area contributed by atoms with Crippen LogP contribution in [0, 0.1) is 17.8 Å². The molecule has 214 valence electrons. The summed E-state index contributed by atoms with van der Waals surface area (Å²) in [7, 11) is 1.43. The molecule has 1 heterocycles. The van der Waals surface area contributed by atoms with E-state index >= 15 is 0 Å². The second-order valence-corrected chi connectivity index (χ2v) is 9.87. The first-order chi connectivity index (χ1) is 19.1. The van der Waals surface area contributed by atoms with Crippen LogP contribution in [0.5, 0.6) is 5.75 Å². The highest BCUT2D eigenvalue weighted by Crippen LogP contribution is 2.34. The molecule has 10 heteroatoms. The number of pyridine rings is 1. The molecule has 0 spiro atoms. The van der Waals surface area contributed by atoms with Gasteiger partial charge in [-0.15, -0.1) is 0 Å². The Kier molecular flexibility index (Phi) is 10.4. The van der Waals surface area contributed by atoms with Gasteiger partial charge in [0.05, 0.1) is 18.6 Å². The van der Waals surface area contributed by atoms with E-state index in [2.05, 4.69) is 16.9 Å². The van der Waals surface area contributed by atoms with Crippen molar-refractivity contribution in [2.45, 2.75) is 40.0 Å². The Morgan fingerprint density at radius 1 is 1.12 bits per heavy atom. The molecule has 1 saturated carbocycles. The van der Waals surface area contributed by atoms with Crippen LogP contribution in [-0.2, 0) is 14.3 Å². The Hall–Kier alpha value is -4.21. The van der Waals surface area contributed by atoms with Crippen LogP contribution >= 0.6 is 0 Å². The van der Waals surface area contributed by atoms with Crippen molar-refractivity contribution in [2.75, 3.05) is 26.9 Å². The molecule has 1 aliphatic carbocycles. The van der Waals surface area contributed by atoms with Gasteiger partial charge in [0.15, 0.2) is 5.69 Å². The summed E-state index contributed by atoms with van der Waals surface area (Å²) in [5.74, 6) is -2.38. The zero-order valence-corrected chi connectivity index (χ0v) is 23.3. The van der Waals surface area contributed by atoms with Gasteiger partial charge in [-0.3, -0.25) is 9.59 Å². The average molecular weight is 553 g/mol. The number of methoxy groups -OCH3 is 1. The number of ether oxygens (including phenoxy) is 3. The molecule has 3 rings (SSSR count). The topological polar surface area (TPSA) is 141 Å². The van der Waals surface area contributed by atoms with Crippen molar-refractivity contribution in [1.82, 2.24) is 10.3 Å². The molecule has 2 aromatic rings. The van der Waals surface area contributed by atoms with Gasteiger partial charge in [-0.05, 0) is 48.9 Å². The molecule has 2 atom stereocenters. The van der Waals surface area contributed by atoms with Crippen LogP contribution in [0.1, 0.15) is 76.9 Å². The molecule has 40 heavy (non-hydrogen) atoms.